The molecule has 1 aliphatic heterocycles. The first-order chi connectivity index (χ1) is 69.3. The molecule has 18 aromatic carbocycles. The van der Waals surface area contributed by atoms with Crippen LogP contribution in [0.5, 0.6) is 0 Å². The van der Waals surface area contributed by atoms with Crippen LogP contribution in [0.2, 0.25) is 0 Å². The zero-order valence-corrected chi connectivity index (χ0v) is 94.6. The van der Waals surface area contributed by atoms with E-state index in [1.807, 2.05) is 0 Å². The Balaban J connectivity index is 0.000000226. The third kappa shape index (κ3) is 45.4. The van der Waals surface area contributed by atoms with Gasteiger partial charge in [-0.05, 0) is 127 Å². The molecule has 0 spiro atoms. The minimum Gasteiger partial charge on any atom is -0.0622 e. The summed E-state index contributed by atoms with van der Waals surface area (Å²) in [4.78, 5) is 0. The van der Waals surface area contributed by atoms with Gasteiger partial charge in [0.1, 0.15) is 0 Å². The molecule has 18 aromatic rings. The molecule has 0 aliphatic carbocycles. The maximum Gasteiger partial charge on any atom is 0 e. The first-order valence-corrected chi connectivity index (χ1v) is 61.8. The van der Waals surface area contributed by atoms with Crippen molar-refractivity contribution in [3.63, 3.8) is 0 Å². The smallest absolute Gasteiger partial charge is 0 e. The minimum absolute atomic E-state index is 0. The van der Waals surface area contributed by atoms with Crippen molar-refractivity contribution in [2.45, 2.75) is 0 Å². The fourth-order valence-electron chi connectivity index (χ4n) is 14.4. The van der Waals surface area contributed by atoms with Crippen molar-refractivity contribution >= 4 is 215 Å². The molecule has 0 nitrogen and oxygen atoms in total. The van der Waals surface area contributed by atoms with Crippen LogP contribution in [0.25, 0.3) is 0 Å². The molecule has 0 atom stereocenters. The summed E-state index contributed by atoms with van der Waals surface area (Å²) < 4.78 is 118. The van der Waals surface area contributed by atoms with Gasteiger partial charge in [0.15, 0.2) is 0 Å². The minimum atomic E-state index is -10.7. The van der Waals surface area contributed by atoms with E-state index < -0.39 is 61.1 Å². The summed E-state index contributed by atoms with van der Waals surface area (Å²) in [7, 11) is -18.4. The Morgan fingerprint density at radius 1 is 0.199 bits per heavy atom. The van der Waals surface area contributed by atoms with E-state index in [9.17, 15) is 50.4 Å². The summed E-state index contributed by atoms with van der Waals surface area (Å²) in [6.07, 6.45) is 6.16. The van der Waals surface area contributed by atoms with Gasteiger partial charge >= 0.3 is 76.7 Å². The Morgan fingerprint density at radius 2 is 0.274 bits per heavy atom. The van der Waals surface area contributed by atoms with Crippen LogP contribution >= 0.6 is 107 Å². The molecule has 0 N–H and O–H groups in total. The molecule has 1 aliphatic rings. The van der Waals surface area contributed by atoms with Gasteiger partial charge in [0.05, 0.1) is 10.7 Å². The first-order valence-electron chi connectivity index (χ1n) is 44.4. The Morgan fingerprint density at radius 3 is 0.342 bits per heavy atom. The van der Waals surface area contributed by atoms with Gasteiger partial charge < -0.3 is 12.2 Å². The normalized spacial score (nSPS) is 11.9. The Hall–Kier alpha value is -9.10. The molecule has 1 heterocycles. The number of rotatable bonds is 20. The van der Waals surface area contributed by atoms with E-state index in [1.165, 1.54) is 106 Å². The summed E-state index contributed by atoms with van der Waals surface area (Å²) in [6.45, 7) is 4.03. The molecular weight excluding hydrogens is 2500 g/mol. The Bertz CT molecular complexity index is 5490. The second-order valence-electron chi connectivity index (χ2n) is 30.2. The van der Waals surface area contributed by atoms with E-state index in [0.717, 1.165) is 0 Å². The number of halogens is 18. The maximum atomic E-state index is 9.87. The van der Waals surface area contributed by atoms with E-state index in [-0.39, 0.29) is 52.8 Å². The number of hydrogen-bond donors (Lipinski definition) is 0. The van der Waals surface area contributed by atoms with Crippen molar-refractivity contribution in [1.82, 2.24) is 0 Å². The summed E-state index contributed by atoms with van der Waals surface area (Å²) in [5, 5.41) is 27.5. The van der Waals surface area contributed by atoms with Crippen LogP contribution in [0, 0.1) is 33.7 Å². The van der Waals surface area contributed by atoms with Crippen LogP contribution in [0.1, 0.15) is 0 Å². The third-order valence-electron chi connectivity index (χ3n) is 20.0. The van der Waals surface area contributed by atoms with E-state index in [1.54, 1.807) is 0 Å². The van der Waals surface area contributed by atoms with Crippen molar-refractivity contribution in [2.75, 3.05) is 21.4 Å². The molecule has 0 radical (unpaired) electrons. The number of hydrogen-bond acceptors (Lipinski definition) is 0. The largest absolute Gasteiger partial charge is 0.0622 e. The first kappa shape index (κ1) is 124. The van der Waals surface area contributed by atoms with Crippen molar-refractivity contribution in [2.24, 2.45) is 0 Å². The van der Waals surface area contributed by atoms with Crippen molar-refractivity contribution in [1.29, 1.82) is 0 Å². The monoisotopic (exact) mass is 2600 g/mol. The van der Waals surface area contributed by atoms with Gasteiger partial charge in [-0.2, -0.15) is 0 Å². The fraction of sp³-hybridized carbons (Fsp3) is 0.0339. The quantitative estimate of drug-likeness (QED) is 0.0309. The van der Waals surface area contributed by atoms with Crippen LogP contribution in [0.15, 0.2) is 559 Å². The molecule has 1 saturated heterocycles. The van der Waals surface area contributed by atoms with E-state index >= 15 is 0 Å². The molecule has 0 saturated carbocycles. The van der Waals surface area contributed by atoms with Gasteiger partial charge in [-0.1, -0.05) is 560 Å². The number of alkyl halides is 8. The average Bonchev–Trinajstić information content (AvgIpc) is 0.759. The summed E-state index contributed by atoms with van der Waals surface area (Å²) >= 11 is 19.1. The number of benzene rings is 18. The van der Waals surface area contributed by atoms with Gasteiger partial charge in [0.25, 0.3) is 21.6 Å². The molecular formula is C118H104Cl6F12P8Pt2-2. The molecule has 764 valence electrons. The summed E-state index contributed by atoms with van der Waals surface area (Å²) in [5.74, 6) is 4.35. The van der Waals surface area contributed by atoms with Crippen LogP contribution in [-0.4, -0.2) is 32.9 Å². The second kappa shape index (κ2) is 62.5. The van der Waals surface area contributed by atoms with E-state index in [4.69, 9.17) is 46.4 Å². The molecule has 19 rings (SSSR count). The summed E-state index contributed by atoms with van der Waals surface area (Å²) in [6, 6.07) is 193. The standard InChI is InChI=1S/2C21H18P.4C18H15P.C2H4Cl2.2CH2Cl2.2F6P.2Pt/c2*1-2-18-22(19-12-6-3-7-13-19,20-14-8-4-9-15-20)21-16-10-5-11-17-21;4*1-4-10-16(11-5-1)19(17-12-6-2-7-13-17)18-14-8-3-9-15-18;1-3-2-4-1;2*2-1-3;2*1-7(2,3,4,5)6;;/h2*3-18H,1H2;4*1-15H;1-2H2;2*1H2;;;;/q2*-1;;;;;+2;;;2*-1;;. The molecule has 146 heavy (non-hydrogen) atoms. The van der Waals surface area contributed by atoms with E-state index in [2.05, 4.69) is 604 Å². The van der Waals surface area contributed by atoms with Crippen LogP contribution in [-0.2, 0) is 42.1 Å². The molecule has 0 bridgehead atoms. The summed E-state index contributed by atoms with van der Waals surface area (Å²) in [5.41, 5.74) is 0. The predicted molar refractivity (Wildman–Crippen MR) is 611 cm³/mol. The zero-order valence-electron chi connectivity index (χ0n) is 78.4. The molecule has 0 amide bonds. The van der Waals surface area contributed by atoms with Gasteiger partial charge in [0, 0.05) is 42.1 Å². The average molecular weight is 2600 g/mol. The van der Waals surface area contributed by atoms with Gasteiger partial charge in [-0.25, -0.2) is 11.6 Å². The van der Waals surface area contributed by atoms with Gasteiger partial charge in [0.2, 0.25) is 0 Å². The van der Waals surface area contributed by atoms with Gasteiger partial charge in [-0.3, -0.25) is 13.2 Å². The molecule has 0 unspecified atom stereocenters. The molecule has 1 fully saturated rings. The predicted octanol–water partition coefficient (Wildman–Crippen LogP) is 31.0. The van der Waals surface area contributed by atoms with Gasteiger partial charge in [-0.15, -0.1) is 46.4 Å². The van der Waals surface area contributed by atoms with Crippen molar-refractivity contribution in [3.05, 3.63) is 571 Å². The van der Waals surface area contributed by atoms with Crippen molar-refractivity contribution < 1.29 is 114 Å². The fourth-order valence-corrected chi connectivity index (χ4v) is 31.3. The molecule has 0 aromatic heterocycles. The Labute approximate surface area is 912 Å². The van der Waals surface area contributed by atoms with Crippen LogP contribution < -0.4 is 95.5 Å². The second-order valence-corrected chi connectivity index (χ2v) is 53.4. The Kier molecular flexibility index (Phi) is 53.0. The van der Waals surface area contributed by atoms with Crippen molar-refractivity contribution in [3.8, 4) is 0 Å². The zero-order chi connectivity index (χ0) is 103. The molecule has 28 heteroatoms. The van der Waals surface area contributed by atoms with Crippen LogP contribution in [0.4, 0.5) is 50.4 Å². The SMILES string of the molecule is C1[Cl+]C[Cl+]1.C=[C-]C=P(c1ccccc1)(c1ccccc1)c1ccccc1.C=[C-]C=P(c1ccccc1)(c1ccccc1)c1ccccc1.ClCCl.ClCCl.F[P-](F)(F)(F)(F)F.F[P-](F)(F)(F)(F)F.[Pt].[Pt].c1ccc(P(c2ccccc2)c2ccccc2)cc1.c1ccc(P(c2ccccc2)c2ccccc2)cc1.c1ccc(P(c2ccccc2)c2ccccc2)cc1.c1ccc(P(c2ccccc2)c2ccccc2)cc1. The topological polar surface area (TPSA) is 0 Å². The maximum absolute atomic E-state index is 10.7. The van der Waals surface area contributed by atoms with E-state index in [0.29, 0.717) is 0 Å². The number of allylic oxidation sites excluding steroid dienone is 2. The van der Waals surface area contributed by atoms with Crippen LogP contribution in [0.3, 0.4) is 0 Å². The third-order valence-corrected chi connectivity index (χ3v) is 39.9.